The third-order valence-electron chi connectivity index (χ3n) is 7.24. The lowest BCUT2D eigenvalue weighted by molar-refractivity contribution is -0.178. The second kappa shape index (κ2) is 8.43. The molecule has 1 heterocycles. The standard InChI is InChI=1S/C26H28N2O6/c1-25(23(30)31)16-28(12-13-34-25)22(29)26(10-11-26)15-27-24(32)33-14-21-19-8-4-2-6-17(19)18-7-3-5-9-20(18)21/h2-9,21H,10-16H2,1H3,(H,27,32)(H,30,31). The minimum atomic E-state index is -1.41. The number of carbonyl (C=O) groups is 3. The summed E-state index contributed by atoms with van der Waals surface area (Å²) in [6.07, 6.45) is 0.742. The first-order chi connectivity index (χ1) is 16.3. The van der Waals surface area contributed by atoms with Gasteiger partial charge in [-0.15, -0.1) is 0 Å². The molecule has 0 aromatic heterocycles. The maximum absolute atomic E-state index is 13.1. The summed E-state index contributed by atoms with van der Waals surface area (Å²) in [6, 6.07) is 16.3. The molecule has 3 aliphatic rings. The Hall–Kier alpha value is -3.39. The van der Waals surface area contributed by atoms with Crippen LogP contribution >= 0.6 is 0 Å². The van der Waals surface area contributed by atoms with Crippen LogP contribution in [0.2, 0.25) is 0 Å². The van der Waals surface area contributed by atoms with Gasteiger partial charge >= 0.3 is 12.1 Å². The normalized spacial score (nSPS) is 22.4. The lowest BCUT2D eigenvalue weighted by Gasteiger charge is -2.39. The number of nitrogens with one attached hydrogen (secondary N) is 1. The van der Waals surface area contributed by atoms with Crippen LogP contribution in [0.1, 0.15) is 36.8 Å². The molecule has 2 aliphatic carbocycles. The predicted molar refractivity (Wildman–Crippen MR) is 123 cm³/mol. The number of hydrogen-bond donors (Lipinski definition) is 2. The number of carboxylic acid groups (broad SMARTS) is 1. The van der Waals surface area contributed by atoms with Crippen molar-refractivity contribution in [3.63, 3.8) is 0 Å². The van der Waals surface area contributed by atoms with E-state index >= 15 is 0 Å². The molecule has 0 radical (unpaired) electrons. The summed E-state index contributed by atoms with van der Waals surface area (Å²) < 4.78 is 11.0. The maximum Gasteiger partial charge on any atom is 0.407 e. The number of benzene rings is 2. The minimum Gasteiger partial charge on any atom is -0.479 e. The van der Waals surface area contributed by atoms with Gasteiger partial charge in [-0.05, 0) is 42.0 Å². The van der Waals surface area contributed by atoms with Crippen LogP contribution in [0.15, 0.2) is 48.5 Å². The van der Waals surface area contributed by atoms with Crippen molar-refractivity contribution in [2.75, 3.05) is 32.8 Å². The minimum absolute atomic E-state index is 0.00609. The smallest absolute Gasteiger partial charge is 0.407 e. The van der Waals surface area contributed by atoms with Gasteiger partial charge in [-0.3, -0.25) is 4.79 Å². The molecule has 0 bridgehead atoms. The van der Waals surface area contributed by atoms with Gasteiger partial charge in [0, 0.05) is 19.0 Å². The van der Waals surface area contributed by atoms with Crippen molar-refractivity contribution in [3.8, 4) is 11.1 Å². The van der Waals surface area contributed by atoms with E-state index in [1.165, 1.54) is 6.92 Å². The predicted octanol–water partition coefficient (Wildman–Crippen LogP) is 3.01. The fourth-order valence-corrected chi connectivity index (χ4v) is 5.02. The summed E-state index contributed by atoms with van der Waals surface area (Å²) >= 11 is 0. The Morgan fingerprint density at radius 1 is 1.09 bits per heavy atom. The van der Waals surface area contributed by atoms with E-state index < -0.39 is 23.1 Å². The highest BCUT2D eigenvalue weighted by molar-refractivity contribution is 5.87. The molecule has 0 spiro atoms. The summed E-state index contributed by atoms with van der Waals surface area (Å²) in [5, 5.41) is 12.2. The number of fused-ring (bicyclic) bond motifs is 3. The first-order valence-corrected chi connectivity index (χ1v) is 11.6. The van der Waals surface area contributed by atoms with E-state index in [4.69, 9.17) is 9.47 Å². The average molecular weight is 465 g/mol. The fourth-order valence-electron chi connectivity index (χ4n) is 5.02. The van der Waals surface area contributed by atoms with E-state index in [2.05, 4.69) is 29.6 Å². The Bertz CT molecular complexity index is 1100. The van der Waals surface area contributed by atoms with Gasteiger partial charge in [0.25, 0.3) is 0 Å². The summed E-state index contributed by atoms with van der Waals surface area (Å²) in [4.78, 5) is 38.7. The van der Waals surface area contributed by atoms with Gasteiger partial charge < -0.3 is 24.8 Å². The fraction of sp³-hybridized carbons (Fsp3) is 0.423. The number of carbonyl (C=O) groups excluding carboxylic acids is 2. The molecule has 5 rings (SSSR count). The Morgan fingerprint density at radius 3 is 2.29 bits per heavy atom. The Labute approximate surface area is 197 Å². The van der Waals surface area contributed by atoms with Crippen LogP contribution in [0.3, 0.4) is 0 Å². The van der Waals surface area contributed by atoms with Crippen LogP contribution in [-0.2, 0) is 19.1 Å². The van der Waals surface area contributed by atoms with Gasteiger partial charge in [0.1, 0.15) is 6.61 Å². The van der Waals surface area contributed by atoms with Crippen molar-refractivity contribution < 1.29 is 29.0 Å². The molecule has 178 valence electrons. The van der Waals surface area contributed by atoms with Crippen molar-refractivity contribution in [1.82, 2.24) is 10.2 Å². The molecule has 1 unspecified atom stereocenters. The van der Waals surface area contributed by atoms with Crippen LogP contribution in [0.5, 0.6) is 0 Å². The summed E-state index contributed by atoms with van der Waals surface area (Å²) in [6.45, 7) is 2.36. The number of ether oxygens (including phenoxy) is 2. The zero-order valence-electron chi connectivity index (χ0n) is 19.1. The second-order valence-corrected chi connectivity index (χ2v) is 9.57. The van der Waals surface area contributed by atoms with Crippen LogP contribution in [-0.4, -0.2) is 66.4 Å². The highest BCUT2D eigenvalue weighted by Gasteiger charge is 2.54. The van der Waals surface area contributed by atoms with Crippen LogP contribution in [0, 0.1) is 5.41 Å². The molecule has 8 nitrogen and oxygen atoms in total. The van der Waals surface area contributed by atoms with Crippen molar-refractivity contribution >= 4 is 18.0 Å². The largest absolute Gasteiger partial charge is 0.479 e. The number of hydrogen-bond acceptors (Lipinski definition) is 5. The number of morpholine rings is 1. The summed E-state index contributed by atoms with van der Waals surface area (Å²) in [7, 11) is 0. The van der Waals surface area contributed by atoms with E-state index in [1.54, 1.807) is 4.90 Å². The quantitative estimate of drug-likeness (QED) is 0.681. The number of rotatable bonds is 6. The molecule has 2 aromatic rings. The number of carboxylic acids is 1. The van der Waals surface area contributed by atoms with Crippen LogP contribution < -0.4 is 5.32 Å². The van der Waals surface area contributed by atoms with Crippen LogP contribution in [0.25, 0.3) is 11.1 Å². The topological polar surface area (TPSA) is 105 Å². The molecule has 2 N–H and O–H groups in total. The molecule has 1 atom stereocenters. The van der Waals surface area contributed by atoms with Crippen molar-refractivity contribution in [1.29, 1.82) is 0 Å². The van der Waals surface area contributed by atoms with Gasteiger partial charge in [0.2, 0.25) is 5.91 Å². The molecule has 1 saturated heterocycles. The van der Waals surface area contributed by atoms with Crippen molar-refractivity contribution in [2.45, 2.75) is 31.3 Å². The molecule has 34 heavy (non-hydrogen) atoms. The van der Waals surface area contributed by atoms with Gasteiger partial charge in [0.15, 0.2) is 5.60 Å². The van der Waals surface area contributed by atoms with E-state index in [1.807, 2.05) is 24.3 Å². The molecule has 2 aromatic carbocycles. The molecular weight excluding hydrogens is 436 g/mol. The molecule has 2 fully saturated rings. The third-order valence-corrected chi connectivity index (χ3v) is 7.24. The number of nitrogens with zero attached hydrogens (tertiary/aromatic N) is 1. The second-order valence-electron chi connectivity index (χ2n) is 9.57. The van der Waals surface area contributed by atoms with E-state index in [0.29, 0.717) is 19.4 Å². The number of amides is 2. The first kappa shape index (κ1) is 22.4. The zero-order chi connectivity index (χ0) is 23.9. The Kier molecular flexibility index (Phi) is 5.56. The lowest BCUT2D eigenvalue weighted by atomic mass is 9.98. The molecule has 1 aliphatic heterocycles. The highest BCUT2D eigenvalue weighted by atomic mass is 16.5. The van der Waals surface area contributed by atoms with E-state index in [0.717, 1.165) is 22.3 Å². The van der Waals surface area contributed by atoms with Crippen molar-refractivity contribution in [3.05, 3.63) is 59.7 Å². The zero-order valence-corrected chi connectivity index (χ0v) is 19.1. The third kappa shape index (κ3) is 3.92. The Balaban J connectivity index is 1.18. The molecule has 1 saturated carbocycles. The summed E-state index contributed by atoms with van der Waals surface area (Å²) in [5.41, 5.74) is 2.49. The number of alkyl carbamates (subject to hydrolysis) is 1. The molecule has 2 amide bonds. The van der Waals surface area contributed by atoms with E-state index in [9.17, 15) is 19.5 Å². The van der Waals surface area contributed by atoms with Crippen LogP contribution in [0.4, 0.5) is 4.79 Å². The first-order valence-electron chi connectivity index (χ1n) is 11.6. The average Bonchev–Trinajstić information content (AvgIpc) is 3.57. The van der Waals surface area contributed by atoms with Crippen molar-refractivity contribution in [2.24, 2.45) is 5.41 Å². The van der Waals surface area contributed by atoms with Gasteiger partial charge in [-0.2, -0.15) is 0 Å². The van der Waals surface area contributed by atoms with Gasteiger partial charge in [0.05, 0.1) is 18.6 Å². The van der Waals surface area contributed by atoms with Gasteiger partial charge in [-0.1, -0.05) is 48.5 Å². The molecular formula is C26H28N2O6. The van der Waals surface area contributed by atoms with Gasteiger partial charge in [-0.25, -0.2) is 9.59 Å². The highest BCUT2D eigenvalue weighted by Crippen LogP contribution is 2.47. The summed E-state index contributed by atoms with van der Waals surface area (Å²) in [5.74, 6) is -1.26. The Morgan fingerprint density at radius 2 is 1.71 bits per heavy atom. The molecule has 8 heteroatoms. The maximum atomic E-state index is 13.1. The lowest BCUT2D eigenvalue weighted by Crippen LogP contribution is -2.58. The van der Waals surface area contributed by atoms with E-state index in [-0.39, 0.29) is 38.1 Å². The number of aliphatic carboxylic acids is 1. The monoisotopic (exact) mass is 464 g/mol. The SMILES string of the molecule is CC1(C(=O)O)CN(C(=O)C2(CNC(=O)OCC3c4ccccc4-c4ccccc43)CC2)CCO1.